The summed E-state index contributed by atoms with van der Waals surface area (Å²) >= 11 is 0. The molecule has 1 rings (SSSR count). The van der Waals surface area contributed by atoms with Gasteiger partial charge in [-0.1, -0.05) is 13.0 Å². The lowest BCUT2D eigenvalue weighted by Crippen LogP contribution is -2.21. The third-order valence-corrected chi connectivity index (χ3v) is 3.99. The minimum absolute atomic E-state index is 0.697. The fourth-order valence-electron chi connectivity index (χ4n) is 1.44. The van der Waals surface area contributed by atoms with Crippen LogP contribution in [0, 0.1) is 13.8 Å². The number of benzene rings is 1. The maximum absolute atomic E-state index is 11.9. The van der Waals surface area contributed by atoms with E-state index in [0.29, 0.717) is 5.75 Å². The van der Waals surface area contributed by atoms with Gasteiger partial charge in [0, 0.05) is 17.2 Å². The van der Waals surface area contributed by atoms with Crippen molar-refractivity contribution in [3.63, 3.8) is 0 Å². The maximum atomic E-state index is 11.9. The molecule has 0 saturated carbocycles. The summed E-state index contributed by atoms with van der Waals surface area (Å²) in [4.78, 5) is 0.946. The maximum Gasteiger partial charge on any atom is 0.0542 e. The second-order valence-electron chi connectivity index (χ2n) is 4.05. The van der Waals surface area contributed by atoms with Gasteiger partial charge in [0.25, 0.3) is 0 Å². The fraction of sp³-hybridized carbons (Fsp3) is 0.538. The smallest absolute Gasteiger partial charge is 0.0542 e. The van der Waals surface area contributed by atoms with Crippen molar-refractivity contribution in [1.29, 1.82) is 0 Å². The van der Waals surface area contributed by atoms with Crippen molar-refractivity contribution >= 4 is 10.8 Å². The highest BCUT2D eigenvalue weighted by molar-refractivity contribution is 7.85. The van der Waals surface area contributed by atoms with Crippen LogP contribution < -0.4 is 5.32 Å². The van der Waals surface area contributed by atoms with Gasteiger partial charge in [0.1, 0.15) is 0 Å². The molecule has 1 aromatic rings. The molecule has 1 atom stereocenters. The first-order valence-corrected chi connectivity index (χ1v) is 7.13. The number of aryl methyl sites for hydroxylation is 2. The minimum Gasteiger partial charge on any atom is -0.316 e. The number of hydrogen-bond donors (Lipinski definition) is 1. The molecule has 0 aliphatic carbocycles. The molecule has 0 spiro atoms. The largest absolute Gasteiger partial charge is 0.316 e. The zero-order valence-electron chi connectivity index (χ0n) is 10.4. The Kier molecular flexibility index (Phi) is 5.71. The summed E-state index contributed by atoms with van der Waals surface area (Å²) in [6.07, 6.45) is 1.12. The molecule has 0 amide bonds. The predicted octanol–water partition coefficient (Wildman–Crippen LogP) is 2.41. The Morgan fingerprint density at radius 3 is 2.56 bits per heavy atom. The molecule has 1 N–H and O–H groups in total. The van der Waals surface area contributed by atoms with Gasteiger partial charge in [-0.25, -0.2) is 0 Å². The van der Waals surface area contributed by atoms with Gasteiger partial charge < -0.3 is 5.32 Å². The van der Waals surface area contributed by atoms with Crippen molar-refractivity contribution in [2.24, 2.45) is 0 Å². The summed E-state index contributed by atoms with van der Waals surface area (Å²) in [6, 6.07) is 6.05. The van der Waals surface area contributed by atoms with Gasteiger partial charge in [-0.05, 0) is 50.1 Å². The van der Waals surface area contributed by atoms with Gasteiger partial charge in [-0.2, -0.15) is 0 Å². The summed E-state index contributed by atoms with van der Waals surface area (Å²) in [5, 5.41) is 3.27. The Balaban J connectivity index is 2.50. The van der Waals surface area contributed by atoms with E-state index >= 15 is 0 Å². The van der Waals surface area contributed by atoms with Gasteiger partial charge in [0.05, 0.1) is 10.8 Å². The van der Waals surface area contributed by atoms with Crippen LogP contribution in [0.2, 0.25) is 0 Å². The van der Waals surface area contributed by atoms with E-state index in [1.54, 1.807) is 0 Å². The first-order valence-electron chi connectivity index (χ1n) is 5.81. The number of hydrogen-bond acceptors (Lipinski definition) is 2. The van der Waals surface area contributed by atoms with Crippen LogP contribution in [0.25, 0.3) is 0 Å². The normalized spacial score (nSPS) is 12.7. The summed E-state index contributed by atoms with van der Waals surface area (Å²) in [7, 11) is -0.868. The first kappa shape index (κ1) is 13.4. The Morgan fingerprint density at radius 2 is 1.94 bits per heavy atom. The molecule has 0 aliphatic rings. The third kappa shape index (κ3) is 4.06. The van der Waals surface area contributed by atoms with Crippen molar-refractivity contribution in [1.82, 2.24) is 5.32 Å². The van der Waals surface area contributed by atoms with E-state index in [4.69, 9.17) is 0 Å². The molecule has 1 aromatic carbocycles. The lowest BCUT2D eigenvalue weighted by molar-refractivity contribution is 0.669. The molecular formula is C13H21NOS. The molecule has 16 heavy (non-hydrogen) atoms. The van der Waals surface area contributed by atoms with Crippen molar-refractivity contribution in [2.75, 3.05) is 18.8 Å². The molecule has 0 saturated heterocycles. The highest BCUT2D eigenvalue weighted by atomic mass is 32.2. The summed E-state index contributed by atoms with van der Waals surface area (Å²) in [5.41, 5.74) is 2.47. The van der Waals surface area contributed by atoms with Gasteiger partial charge in [0.2, 0.25) is 0 Å². The van der Waals surface area contributed by atoms with Crippen LogP contribution >= 0.6 is 0 Å². The van der Waals surface area contributed by atoms with Crippen LogP contribution in [0.3, 0.4) is 0 Å². The van der Waals surface area contributed by atoms with Crippen molar-refractivity contribution in [3.8, 4) is 0 Å². The highest BCUT2D eigenvalue weighted by Crippen LogP contribution is 2.13. The molecule has 2 nitrogen and oxygen atoms in total. The third-order valence-electron chi connectivity index (χ3n) is 2.63. The van der Waals surface area contributed by atoms with Crippen LogP contribution in [-0.4, -0.2) is 23.1 Å². The van der Waals surface area contributed by atoms with E-state index in [-0.39, 0.29) is 0 Å². The van der Waals surface area contributed by atoms with Gasteiger partial charge in [-0.3, -0.25) is 4.21 Å². The Bertz CT molecular complexity index is 363. The Labute approximate surface area is 101 Å². The number of nitrogens with one attached hydrogen (secondary N) is 1. The van der Waals surface area contributed by atoms with Crippen LogP contribution in [0.5, 0.6) is 0 Å². The second-order valence-corrected chi connectivity index (χ2v) is 5.62. The molecule has 1 unspecified atom stereocenters. The molecular weight excluding hydrogens is 218 g/mol. The number of rotatable bonds is 6. The highest BCUT2D eigenvalue weighted by Gasteiger charge is 2.04. The predicted molar refractivity (Wildman–Crippen MR) is 70.4 cm³/mol. The fourth-order valence-corrected chi connectivity index (χ4v) is 2.53. The topological polar surface area (TPSA) is 29.1 Å². The summed E-state index contributed by atoms with van der Waals surface area (Å²) in [6.45, 7) is 8.10. The molecule has 0 fully saturated rings. The lowest BCUT2D eigenvalue weighted by Gasteiger charge is -2.06. The monoisotopic (exact) mass is 239 g/mol. The first-order chi connectivity index (χ1) is 7.65. The van der Waals surface area contributed by atoms with Crippen LogP contribution in [0.4, 0.5) is 0 Å². The van der Waals surface area contributed by atoms with E-state index in [9.17, 15) is 4.21 Å². The molecule has 90 valence electrons. The summed E-state index contributed by atoms with van der Waals surface area (Å²) in [5.74, 6) is 0.697. The summed E-state index contributed by atoms with van der Waals surface area (Å²) < 4.78 is 11.9. The minimum atomic E-state index is -0.868. The van der Waals surface area contributed by atoms with Crippen LogP contribution in [-0.2, 0) is 10.8 Å². The molecule has 3 heteroatoms. The van der Waals surface area contributed by atoms with Crippen LogP contribution in [0.1, 0.15) is 24.5 Å². The van der Waals surface area contributed by atoms with E-state index in [1.807, 2.05) is 18.2 Å². The molecule has 0 aromatic heterocycles. The molecule has 0 heterocycles. The molecule has 0 aliphatic heterocycles. The molecule has 0 bridgehead atoms. The van der Waals surface area contributed by atoms with Gasteiger partial charge in [-0.15, -0.1) is 0 Å². The second kappa shape index (κ2) is 6.81. The Hall–Kier alpha value is -0.670. The van der Waals surface area contributed by atoms with E-state index in [2.05, 4.69) is 26.1 Å². The van der Waals surface area contributed by atoms with E-state index < -0.39 is 10.8 Å². The standard InChI is InChI=1S/C13H21NOS/c1-4-7-14-8-9-16(15)13-6-5-11(2)12(3)10-13/h5-6,10,14H,4,7-9H2,1-3H3. The average molecular weight is 239 g/mol. The Morgan fingerprint density at radius 1 is 1.19 bits per heavy atom. The van der Waals surface area contributed by atoms with E-state index in [1.165, 1.54) is 11.1 Å². The zero-order valence-corrected chi connectivity index (χ0v) is 11.2. The van der Waals surface area contributed by atoms with Gasteiger partial charge in [0.15, 0.2) is 0 Å². The zero-order chi connectivity index (χ0) is 12.0. The average Bonchev–Trinajstić information content (AvgIpc) is 2.28. The molecule has 0 radical (unpaired) electrons. The van der Waals surface area contributed by atoms with Gasteiger partial charge >= 0.3 is 0 Å². The quantitative estimate of drug-likeness (QED) is 0.772. The van der Waals surface area contributed by atoms with Crippen molar-refractivity contribution < 1.29 is 4.21 Å². The lowest BCUT2D eigenvalue weighted by atomic mass is 10.1. The van der Waals surface area contributed by atoms with E-state index in [0.717, 1.165) is 24.4 Å². The van der Waals surface area contributed by atoms with Crippen molar-refractivity contribution in [3.05, 3.63) is 29.3 Å². The van der Waals surface area contributed by atoms with Crippen molar-refractivity contribution in [2.45, 2.75) is 32.1 Å². The SMILES string of the molecule is CCCNCCS(=O)c1ccc(C)c(C)c1. The van der Waals surface area contributed by atoms with Crippen LogP contribution in [0.15, 0.2) is 23.1 Å².